The molecule has 6 heteroatoms. The molecule has 0 bridgehead atoms. The van der Waals surface area contributed by atoms with Crippen molar-refractivity contribution in [2.75, 3.05) is 13.1 Å². The second-order valence-electron chi connectivity index (χ2n) is 5.45. The fourth-order valence-corrected chi connectivity index (χ4v) is 2.56. The Bertz CT molecular complexity index is 591. The second kappa shape index (κ2) is 6.22. The van der Waals surface area contributed by atoms with Crippen molar-refractivity contribution in [2.24, 2.45) is 0 Å². The number of hydrogen-bond donors (Lipinski definition) is 0. The Labute approximate surface area is 124 Å². The van der Waals surface area contributed by atoms with Gasteiger partial charge in [0, 0.05) is 32.8 Å². The number of oxazole rings is 1. The van der Waals surface area contributed by atoms with Crippen molar-refractivity contribution < 1.29 is 9.15 Å². The second-order valence-corrected chi connectivity index (χ2v) is 5.45. The van der Waals surface area contributed by atoms with E-state index in [9.17, 15) is 0 Å². The lowest BCUT2D eigenvalue weighted by atomic mass is 10.1. The van der Waals surface area contributed by atoms with Crippen molar-refractivity contribution in [2.45, 2.75) is 39.3 Å². The van der Waals surface area contributed by atoms with Crippen molar-refractivity contribution >= 4 is 0 Å². The fraction of sp³-hybridized carbons (Fsp3) is 0.533. The van der Waals surface area contributed by atoms with Crippen LogP contribution in [0.5, 0.6) is 5.88 Å². The first kappa shape index (κ1) is 14.0. The van der Waals surface area contributed by atoms with E-state index in [0.717, 1.165) is 49.8 Å². The Morgan fingerprint density at radius 2 is 2.05 bits per heavy atom. The Balaban J connectivity index is 1.48. The Kier molecular flexibility index (Phi) is 4.15. The van der Waals surface area contributed by atoms with E-state index in [0.29, 0.717) is 5.88 Å². The van der Waals surface area contributed by atoms with Crippen molar-refractivity contribution in [3.63, 3.8) is 0 Å². The van der Waals surface area contributed by atoms with Crippen LogP contribution in [0.1, 0.15) is 30.1 Å². The zero-order chi connectivity index (χ0) is 14.7. The van der Waals surface area contributed by atoms with E-state index in [1.54, 1.807) is 18.7 Å². The highest BCUT2D eigenvalue weighted by molar-refractivity contribution is 5.07. The predicted octanol–water partition coefficient (Wildman–Crippen LogP) is 2.12. The third kappa shape index (κ3) is 3.78. The van der Waals surface area contributed by atoms with Crippen LogP contribution in [0.2, 0.25) is 0 Å². The number of aromatic nitrogens is 3. The van der Waals surface area contributed by atoms with Gasteiger partial charge < -0.3 is 9.15 Å². The number of likely N-dealkylation sites (tertiary alicyclic amines) is 1. The molecule has 6 nitrogen and oxygen atoms in total. The zero-order valence-electron chi connectivity index (χ0n) is 12.5. The van der Waals surface area contributed by atoms with Gasteiger partial charge in [-0.25, -0.2) is 9.97 Å². The third-order valence-corrected chi connectivity index (χ3v) is 3.61. The average molecular weight is 288 g/mol. The molecule has 0 atom stereocenters. The highest BCUT2D eigenvalue weighted by Crippen LogP contribution is 2.18. The summed E-state index contributed by atoms with van der Waals surface area (Å²) in [7, 11) is 0. The van der Waals surface area contributed by atoms with Crippen molar-refractivity contribution in [1.82, 2.24) is 19.9 Å². The van der Waals surface area contributed by atoms with Gasteiger partial charge in [0.2, 0.25) is 5.88 Å². The average Bonchev–Trinajstić information content (AvgIpc) is 2.86. The Morgan fingerprint density at radius 3 is 2.71 bits per heavy atom. The summed E-state index contributed by atoms with van der Waals surface area (Å²) in [5, 5.41) is 0. The van der Waals surface area contributed by atoms with E-state index in [1.807, 2.05) is 13.8 Å². The first-order chi connectivity index (χ1) is 10.2. The highest BCUT2D eigenvalue weighted by atomic mass is 16.5. The largest absolute Gasteiger partial charge is 0.473 e. The van der Waals surface area contributed by atoms with Crippen LogP contribution in [0.15, 0.2) is 23.1 Å². The predicted molar refractivity (Wildman–Crippen MR) is 76.9 cm³/mol. The van der Waals surface area contributed by atoms with Crippen LogP contribution in [-0.4, -0.2) is 39.0 Å². The number of hydrogen-bond acceptors (Lipinski definition) is 6. The van der Waals surface area contributed by atoms with Crippen LogP contribution in [0.25, 0.3) is 0 Å². The number of rotatable bonds is 4. The molecule has 0 spiro atoms. The van der Waals surface area contributed by atoms with Crippen LogP contribution in [0, 0.1) is 13.8 Å². The van der Waals surface area contributed by atoms with E-state index >= 15 is 0 Å². The maximum atomic E-state index is 5.90. The molecule has 21 heavy (non-hydrogen) atoms. The molecular formula is C15H20N4O2. The van der Waals surface area contributed by atoms with Gasteiger partial charge in [-0.3, -0.25) is 9.88 Å². The molecule has 1 aliphatic heterocycles. The monoisotopic (exact) mass is 288 g/mol. The van der Waals surface area contributed by atoms with E-state index in [-0.39, 0.29) is 6.10 Å². The molecule has 3 heterocycles. The molecule has 1 fully saturated rings. The molecule has 0 radical (unpaired) electrons. The van der Waals surface area contributed by atoms with Crippen LogP contribution >= 0.6 is 0 Å². The molecule has 0 saturated carbocycles. The molecule has 0 aliphatic carbocycles. The minimum absolute atomic E-state index is 0.219. The number of piperidine rings is 1. The fourth-order valence-electron chi connectivity index (χ4n) is 2.56. The molecule has 1 aliphatic rings. The summed E-state index contributed by atoms with van der Waals surface area (Å²) in [5.74, 6) is 1.35. The van der Waals surface area contributed by atoms with Crippen LogP contribution in [-0.2, 0) is 6.54 Å². The molecule has 2 aromatic rings. The van der Waals surface area contributed by atoms with Gasteiger partial charge in [-0.1, -0.05) is 0 Å². The number of nitrogens with zero attached hydrogens (tertiary/aromatic N) is 4. The summed E-state index contributed by atoms with van der Waals surface area (Å²) in [4.78, 5) is 15.2. The standard InChI is InChI=1S/C15H20N4O2/c1-11-7-16-8-15(17-11)21-14-3-5-19(6-4-14)9-13-10-20-12(2)18-13/h7-8,10,14H,3-6,9H2,1-2H3. The van der Waals surface area contributed by atoms with E-state index in [2.05, 4.69) is 19.9 Å². The van der Waals surface area contributed by atoms with Gasteiger partial charge in [-0.05, 0) is 19.8 Å². The zero-order valence-corrected chi connectivity index (χ0v) is 12.5. The van der Waals surface area contributed by atoms with Crippen molar-refractivity contribution in [3.05, 3.63) is 35.9 Å². The topological polar surface area (TPSA) is 64.3 Å². The van der Waals surface area contributed by atoms with Gasteiger partial charge in [0.25, 0.3) is 0 Å². The summed E-state index contributed by atoms with van der Waals surface area (Å²) in [6.45, 7) is 6.62. The molecule has 1 saturated heterocycles. The molecule has 0 unspecified atom stereocenters. The lowest BCUT2D eigenvalue weighted by Gasteiger charge is -2.31. The molecule has 3 rings (SSSR count). The summed E-state index contributed by atoms with van der Waals surface area (Å²) < 4.78 is 11.1. The molecule has 0 amide bonds. The smallest absolute Gasteiger partial charge is 0.232 e. The van der Waals surface area contributed by atoms with Crippen LogP contribution in [0.4, 0.5) is 0 Å². The summed E-state index contributed by atoms with van der Waals surface area (Å²) >= 11 is 0. The Hall–Kier alpha value is -1.95. The minimum atomic E-state index is 0.219. The van der Waals surface area contributed by atoms with Gasteiger partial charge >= 0.3 is 0 Å². The van der Waals surface area contributed by atoms with Gasteiger partial charge in [0.05, 0.1) is 17.6 Å². The van der Waals surface area contributed by atoms with Crippen molar-refractivity contribution in [3.8, 4) is 5.88 Å². The third-order valence-electron chi connectivity index (χ3n) is 3.61. The van der Waals surface area contributed by atoms with Crippen molar-refractivity contribution in [1.29, 1.82) is 0 Å². The normalized spacial score (nSPS) is 17.0. The lowest BCUT2D eigenvalue weighted by Crippen LogP contribution is -2.38. The Morgan fingerprint density at radius 1 is 1.24 bits per heavy atom. The highest BCUT2D eigenvalue weighted by Gasteiger charge is 2.21. The van der Waals surface area contributed by atoms with Gasteiger partial charge in [-0.15, -0.1) is 0 Å². The number of ether oxygens (including phenoxy) is 1. The quantitative estimate of drug-likeness (QED) is 0.858. The summed E-state index contributed by atoms with van der Waals surface area (Å²) in [6, 6.07) is 0. The van der Waals surface area contributed by atoms with E-state index in [4.69, 9.17) is 9.15 Å². The van der Waals surface area contributed by atoms with Gasteiger partial charge in [0.1, 0.15) is 12.4 Å². The maximum absolute atomic E-state index is 5.90. The van der Waals surface area contributed by atoms with E-state index in [1.165, 1.54) is 0 Å². The van der Waals surface area contributed by atoms with Crippen LogP contribution < -0.4 is 4.74 Å². The number of aryl methyl sites for hydroxylation is 2. The molecule has 2 aromatic heterocycles. The minimum Gasteiger partial charge on any atom is -0.473 e. The van der Waals surface area contributed by atoms with E-state index < -0.39 is 0 Å². The summed E-state index contributed by atoms with van der Waals surface area (Å²) in [6.07, 6.45) is 7.35. The molecule has 0 aromatic carbocycles. The lowest BCUT2D eigenvalue weighted by molar-refractivity contribution is 0.0921. The SMILES string of the molecule is Cc1cncc(OC2CCN(Cc3coc(C)n3)CC2)n1. The van der Waals surface area contributed by atoms with Crippen LogP contribution in [0.3, 0.4) is 0 Å². The summed E-state index contributed by atoms with van der Waals surface area (Å²) in [5.41, 5.74) is 1.88. The first-order valence-corrected chi connectivity index (χ1v) is 7.28. The first-order valence-electron chi connectivity index (χ1n) is 7.28. The molecular weight excluding hydrogens is 268 g/mol. The van der Waals surface area contributed by atoms with Gasteiger partial charge in [-0.2, -0.15) is 0 Å². The maximum Gasteiger partial charge on any atom is 0.232 e. The molecule has 0 N–H and O–H groups in total. The molecule has 112 valence electrons. The van der Waals surface area contributed by atoms with Gasteiger partial charge in [0.15, 0.2) is 5.89 Å².